The van der Waals surface area contributed by atoms with Gasteiger partial charge in [0.2, 0.25) is 11.8 Å². The van der Waals surface area contributed by atoms with E-state index in [1.165, 1.54) is 0 Å². The second-order valence-corrected chi connectivity index (χ2v) is 6.75. The quantitative estimate of drug-likeness (QED) is 0.677. The van der Waals surface area contributed by atoms with Crippen LogP contribution in [-0.4, -0.2) is 86.7 Å². The van der Waals surface area contributed by atoms with E-state index in [0.29, 0.717) is 19.5 Å². The Balaban J connectivity index is 0.00000156. The molecule has 2 unspecified atom stereocenters. The number of likely N-dealkylation sites (tertiary alicyclic amines) is 1. The normalized spacial score (nSPS) is 27.4. The van der Waals surface area contributed by atoms with Crippen LogP contribution < -0.4 is 10.6 Å². The number of morpholine rings is 1. The van der Waals surface area contributed by atoms with E-state index in [1.807, 2.05) is 4.90 Å². The number of hydrogen-bond acceptors (Lipinski definition) is 5. The molecule has 25 heavy (non-hydrogen) atoms. The number of amides is 2. The standard InChI is InChI=1S/C16H28N4O3.2ClH/c21-15-10-13(16(22)18-14-2-1-3-17-11-14)12-20(15)5-4-19-6-8-23-9-7-19;;/h13-14,17H,1-12H2,(H,18,22);2*1H. The first kappa shape index (κ1) is 22.4. The van der Waals surface area contributed by atoms with Crippen LogP contribution in [-0.2, 0) is 14.3 Å². The van der Waals surface area contributed by atoms with Crippen molar-refractivity contribution in [1.82, 2.24) is 20.4 Å². The average molecular weight is 397 g/mol. The summed E-state index contributed by atoms with van der Waals surface area (Å²) in [7, 11) is 0. The number of carbonyl (C=O) groups is 2. The largest absolute Gasteiger partial charge is 0.379 e. The van der Waals surface area contributed by atoms with Crippen molar-refractivity contribution in [2.75, 3.05) is 59.0 Å². The van der Waals surface area contributed by atoms with Crippen molar-refractivity contribution in [3.05, 3.63) is 0 Å². The minimum absolute atomic E-state index is 0. The Morgan fingerprint density at radius 1 is 1.24 bits per heavy atom. The van der Waals surface area contributed by atoms with Crippen LogP contribution in [0.3, 0.4) is 0 Å². The second-order valence-electron chi connectivity index (χ2n) is 6.75. The third-order valence-corrected chi connectivity index (χ3v) is 5.02. The summed E-state index contributed by atoms with van der Waals surface area (Å²) >= 11 is 0. The van der Waals surface area contributed by atoms with Gasteiger partial charge in [-0.25, -0.2) is 0 Å². The van der Waals surface area contributed by atoms with Crippen LogP contribution in [0.15, 0.2) is 0 Å². The molecule has 2 atom stereocenters. The summed E-state index contributed by atoms with van der Waals surface area (Å²) in [5, 5.41) is 6.40. The predicted octanol–water partition coefficient (Wildman–Crippen LogP) is -0.121. The molecule has 2 amide bonds. The lowest BCUT2D eigenvalue weighted by atomic mass is 10.0. The van der Waals surface area contributed by atoms with Gasteiger partial charge in [-0.3, -0.25) is 14.5 Å². The van der Waals surface area contributed by atoms with Gasteiger partial charge >= 0.3 is 0 Å². The fraction of sp³-hybridized carbons (Fsp3) is 0.875. The van der Waals surface area contributed by atoms with Crippen molar-refractivity contribution in [3.63, 3.8) is 0 Å². The molecule has 0 radical (unpaired) electrons. The van der Waals surface area contributed by atoms with Crippen LogP contribution in [0.4, 0.5) is 0 Å². The van der Waals surface area contributed by atoms with E-state index in [9.17, 15) is 9.59 Å². The molecule has 0 saturated carbocycles. The molecule has 0 bridgehead atoms. The summed E-state index contributed by atoms with van der Waals surface area (Å²) in [6.45, 7) is 7.43. The number of ether oxygens (including phenoxy) is 1. The maximum Gasteiger partial charge on any atom is 0.225 e. The molecule has 3 aliphatic rings. The van der Waals surface area contributed by atoms with Crippen molar-refractivity contribution in [2.45, 2.75) is 25.3 Å². The summed E-state index contributed by atoms with van der Waals surface area (Å²) in [6, 6.07) is 0.216. The highest BCUT2D eigenvalue weighted by atomic mass is 35.5. The maximum absolute atomic E-state index is 12.4. The first-order valence-corrected chi connectivity index (χ1v) is 8.81. The van der Waals surface area contributed by atoms with Crippen molar-refractivity contribution in [1.29, 1.82) is 0 Å². The number of nitrogens with zero attached hydrogens (tertiary/aromatic N) is 2. The fourth-order valence-corrected chi connectivity index (χ4v) is 3.54. The Labute approximate surface area is 162 Å². The van der Waals surface area contributed by atoms with E-state index in [-0.39, 0.29) is 48.6 Å². The third-order valence-electron chi connectivity index (χ3n) is 5.02. The van der Waals surface area contributed by atoms with Gasteiger partial charge in [0.05, 0.1) is 19.1 Å². The van der Waals surface area contributed by atoms with Gasteiger partial charge < -0.3 is 20.3 Å². The van der Waals surface area contributed by atoms with Crippen LogP contribution in [0.25, 0.3) is 0 Å². The highest BCUT2D eigenvalue weighted by molar-refractivity contribution is 5.89. The molecular weight excluding hydrogens is 367 g/mol. The van der Waals surface area contributed by atoms with E-state index < -0.39 is 0 Å². The highest BCUT2D eigenvalue weighted by Gasteiger charge is 2.35. The van der Waals surface area contributed by atoms with Crippen molar-refractivity contribution in [2.24, 2.45) is 5.92 Å². The molecule has 0 aromatic rings. The van der Waals surface area contributed by atoms with Crippen LogP contribution in [0.2, 0.25) is 0 Å². The lowest BCUT2D eigenvalue weighted by Gasteiger charge is -2.28. The minimum atomic E-state index is -0.186. The second kappa shape index (κ2) is 11.2. The van der Waals surface area contributed by atoms with E-state index in [2.05, 4.69) is 15.5 Å². The molecule has 146 valence electrons. The van der Waals surface area contributed by atoms with Crippen LogP contribution in [0, 0.1) is 5.92 Å². The number of piperidine rings is 1. The summed E-state index contributed by atoms with van der Waals surface area (Å²) in [5.74, 6) is -0.0322. The van der Waals surface area contributed by atoms with Crippen LogP contribution in [0.1, 0.15) is 19.3 Å². The Morgan fingerprint density at radius 2 is 2.00 bits per heavy atom. The van der Waals surface area contributed by atoms with E-state index >= 15 is 0 Å². The van der Waals surface area contributed by atoms with Gasteiger partial charge in [0, 0.05) is 51.7 Å². The number of hydrogen-bond donors (Lipinski definition) is 2. The fourth-order valence-electron chi connectivity index (χ4n) is 3.54. The third kappa shape index (κ3) is 6.57. The van der Waals surface area contributed by atoms with Gasteiger partial charge in [-0.05, 0) is 19.4 Å². The molecule has 3 saturated heterocycles. The molecule has 0 spiro atoms. The van der Waals surface area contributed by atoms with Gasteiger partial charge in [0.1, 0.15) is 0 Å². The van der Waals surface area contributed by atoms with Crippen molar-refractivity contribution < 1.29 is 14.3 Å². The van der Waals surface area contributed by atoms with Gasteiger partial charge in [0.25, 0.3) is 0 Å². The summed E-state index contributed by atoms with van der Waals surface area (Å²) in [5.41, 5.74) is 0. The molecule has 9 heteroatoms. The molecule has 2 N–H and O–H groups in total. The van der Waals surface area contributed by atoms with Gasteiger partial charge in [0.15, 0.2) is 0 Å². The minimum Gasteiger partial charge on any atom is -0.379 e. The van der Waals surface area contributed by atoms with Crippen molar-refractivity contribution >= 4 is 36.6 Å². The topological polar surface area (TPSA) is 73.9 Å². The van der Waals surface area contributed by atoms with Gasteiger partial charge in [-0.1, -0.05) is 0 Å². The molecule has 7 nitrogen and oxygen atoms in total. The molecule has 3 fully saturated rings. The monoisotopic (exact) mass is 396 g/mol. The van der Waals surface area contributed by atoms with Crippen LogP contribution >= 0.6 is 24.8 Å². The summed E-state index contributed by atoms with van der Waals surface area (Å²) in [4.78, 5) is 28.7. The van der Waals surface area contributed by atoms with E-state index in [4.69, 9.17) is 4.74 Å². The van der Waals surface area contributed by atoms with Gasteiger partial charge in [-0.15, -0.1) is 24.8 Å². The number of rotatable bonds is 5. The average Bonchev–Trinajstić information content (AvgIpc) is 2.96. The number of carbonyl (C=O) groups excluding carboxylic acids is 2. The molecule has 0 aromatic carbocycles. The first-order chi connectivity index (χ1) is 11.2. The molecule has 3 rings (SSSR count). The zero-order valence-electron chi connectivity index (χ0n) is 14.6. The zero-order valence-corrected chi connectivity index (χ0v) is 16.2. The van der Waals surface area contributed by atoms with E-state index in [1.54, 1.807) is 0 Å². The maximum atomic E-state index is 12.4. The molecule has 3 aliphatic heterocycles. The lowest BCUT2D eigenvalue weighted by Crippen LogP contribution is -2.48. The highest BCUT2D eigenvalue weighted by Crippen LogP contribution is 2.18. The lowest BCUT2D eigenvalue weighted by molar-refractivity contribution is -0.129. The zero-order chi connectivity index (χ0) is 16.1. The predicted molar refractivity (Wildman–Crippen MR) is 100 cm³/mol. The molecule has 0 aliphatic carbocycles. The Bertz CT molecular complexity index is 430. The Kier molecular flexibility index (Phi) is 10.0. The number of halogens is 2. The SMILES string of the molecule is Cl.Cl.O=C(NC1CCCNC1)C1CC(=O)N(CCN2CCOCC2)C1. The summed E-state index contributed by atoms with van der Waals surface area (Å²) < 4.78 is 5.33. The van der Waals surface area contributed by atoms with E-state index in [0.717, 1.165) is 58.8 Å². The number of nitrogens with one attached hydrogen (secondary N) is 2. The Morgan fingerprint density at radius 3 is 2.68 bits per heavy atom. The summed E-state index contributed by atoms with van der Waals surface area (Å²) in [6.07, 6.45) is 2.48. The first-order valence-electron chi connectivity index (χ1n) is 8.81. The molecule has 3 heterocycles. The van der Waals surface area contributed by atoms with Gasteiger partial charge in [-0.2, -0.15) is 0 Å². The molecule has 0 aromatic heterocycles. The van der Waals surface area contributed by atoms with Crippen molar-refractivity contribution in [3.8, 4) is 0 Å². The molecular formula is C16H30Cl2N4O3. The van der Waals surface area contributed by atoms with Crippen LogP contribution in [0.5, 0.6) is 0 Å². The Hall–Kier alpha value is -0.600. The smallest absolute Gasteiger partial charge is 0.225 e.